The number of fused-ring (bicyclic) bond motifs is 1. The minimum absolute atomic E-state index is 0.236. The molecule has 1 heterocycles. The summed E-state index contributed by atoms with van der Waals surface area (Å²) in [5, 5.41) is 4.94. The summed E-state index contributed by atoms with van der Waals surface area (Å²) in [6.07, 6.45) is 2.26. The third-order valence-electron chi connectivity index (χ3n) is 2.99. The van der Waals surface area contributed by atoms with Gasteiger partial charge in [0, 0.05) is 11.1 Å². The van der Waals surface area contributed by atoms with Crippen molar-refractivity contribution < 1.29 is 9.53 Å². The average Bonchev–Trinajstić information content (AvgIpc) is 2.51. The van der Waals surface area contributed by atoms with Gasteiger partial charge in [-0.05, 0) is 19.5 Å². The molecule has 0 aliphatic heterocycles. The molecule has 0 fully saturated rings. The van der Waals surface area contributed by atoms with Gasteiger partial charge in [-0.15, -0.1) is 11.8 Å². The number of methoxy groups -OCH3 is 1. The Morgan fingerprint density at radius 2 is 2.20 bits per heavy atom. The van der Waals surface area contributed by atoms with Crippen molar-refractivity contribution in [1.82, 2.24) is 15.3 Å². The van der Waals surface area contributed by atoms with Crippen molar-refractivity contribution in [3.63, 3.8) is 0 Å². The number of benzene rings is 1. The fourth-order valence-electron chi connectivity index (χ4n) is 1.89. The van der Waals surface area contributed by atoms with Gasteiger partial charge in [-0.2, -0.15) is 0 Å². The van der Waals surface area contributed by atoms with Crippen LogP contribution in [0.15, 0.2) is 35.6 Å². The first-order valence-corrected chi connectivity index (χ1v) is 7.32. The molecule has 0 radical (unpaired) electrons. The third-order valence-corrected chi connectivity index (χ3v) is 4.02. The van der Waals surface area contributed by atoms with Crippen LogP contribution in [0, 0.1) is 0 Å². The Labute approximate surface area is 122 Å². The number of hydrogen-bond donors (Lipinski definition) is 1. The fraction of sp³-hybridized carbons (Fsp3) is 0.357. The number of para-hydroxylation sites is 1. The van der Waals surface area contributed by atoms with Crippen LogP contribution < -0.4 is 5.32 Å². The lowest BCUT2D eigenvalue weighted by molar-refractivity contribution is -0.143. The van der Waals surface area contributed by atoms with Crippen molar-refractivity contribution in [2.24, 2.45) is 0 Å². The third kappa shape index (κ3) is 3.46. The predicted octanol–water partition coefficient (Wildman–Crippen LogP) is 1.87. The lowest BCUT2D eigenvalue weighted by atomic mass is 10.2. The van der Waals surface area contributed by atoms with E-state index in [4.69, 9.17) is 4.74 Å². The molecule has 0 aliphatic rings. The molecule has 20 heavy (non-hydrogen) atoms. The maximum absolute atomic E-state index is 11.5. The molecule has 2 rings (SSSR count). The lowest BCUT2D eigenvalue weighted by Gasteiger charge is -2.13. The zero-order chi connectivity index (χ0) is 14.4. The average molecular weight is 291 g/mol. The number of ether oxygens (including phenoxy) is 1. The zero-order valence-electron chi connectivity index (χ0n) is 11.5. The van der Waals surface area contributed by atoms with Crippen molar-refractivity contribution in [2.75, 3.05) is 19.9 Å². The number of hydrogen-bond acceptors (Lipinski definition) is 6. The molecule has 5 nitrogen and oxygen atoms in total. The maximum atomic E-state index is 11.5. The Morgan fingerprint density at radius 1 is 1.40 bits per heavy atom. The normalized spacial score (nSPS) is 12.3. The largest absolute Gasteiger partial charge is 0.468 e. The molecule has 0 saturated carbocycles. The van der Waals surface area contributed by atoms with Crippen molar-refractivity contribution in [3.05, 3.63) is 30.6 Å². The van der Waals surface area contributed by atoms with Gasteiger partial charge < -0.3 is 10.1 Å². The molecular weight excluding hydrogens is 274 g/mol. The first-order chi connectivity index (χ1) is 9.76. The highest BCUT2D eigenvalue weighted by Gasteiger charge is 2.16. The van der Waals surface area contributed by atoms with Crippen LogP contribution in [0.4, 0.5) is 0 Å². The number of rotatable bonds is 6. The van der Waals surface area contributed by atoms with Crippen LogP contribution in [-0.2, 0) is 9.53 Å². The number of esters is 1. The second-order valence-corrected chi connectivity index (χ2v) is 5.28. The summed E-state index contributed by atoms with van der Waals surface area (Å²) >= 11 is 1.62. The van der Waals surface area contributed by atoms with Crippen molar-refractivity contribution in [3.8, 4) is 0 Å². The van der Waals surface area contributed by atoms with Crippen molar-refractivity contribution >= 4 is 28.6 Å². The molecule has 0 aliphatic carbocycles. The van der Waals surface area contributed by atoms with Crippen molar-refractivity contribution in [1.29, 1.82) is 0 Å². The van der Waals surface area contributed by atoms with Gasteiger partial charge in [-0.25, -0.2) is 9.97 Å². The molecule has 2 aromatic rings. The van der Waals surface area contributed by atoms with Gasteiger partial charge in [0.25, 0.3) is 0 Å². The second kappa shape index (κ2) is 7.21. The molecule has 1 unspecified atom stereocenters. The van der Waals surface area contributed by atoms with E-state index in [1.165, 1.54) is 7.11 Å². The van der Waals surface area contributed by atoms with E-state index in [0.29, 0.717) is 6.42 Å². The Bertz CT molecular complexity index is 586. The van der Waals surface area contributed by atoms with Crippen LogP contribution in [-0.4, -0.2) is 41.9 Å². The summed E-state index contributed by atoms with van der Waals surface area (Å²) in [5.74, 6) is 0.544. The number of thioether (sulfide) groups is 1. The summed E-state index contributed by atoms with van der Waals surface area (Å²) in [6.45, 7) is 0. The van der Waals surface area contributed by atoms with Gasteiger partial charge in [0.05, 0.1) is 12.6 Å². The van der Waals surface area contributed by atoms with Gasteiger partial charge in [-0.3, -0.25) is 4.79 Å². The molecule has 0 spiro atoms. The molecule has 0 saturated heterocycles. The van der Waals surface area contributed by atoms with Crippen LogP contribution in [0.3, 0.4) is 0 Å². The van der Waals surface area contributed by atoms with Gasteiger partial charge in [-0.1, -0.05) is 18.2 Å². The minimum Gasteiger partial charge on any atom is -0.468 e. The maximum Gasteiger partial charge on any atom is 0.322 e. The topological polar surface area (TPSA) is 64.1 Å². The monoisotopic (exact) mass is 291 g/mol. The smallest absolute Gasteiger partial charge is 0.322 e. The van der Waals surface area contributed by atoms with Crippen LogP contribution in [0.1, 0.15) is 6.42 Å². The number of nitrogens with one attached hydrogen (secondary N) is 1. The Hall–Kier alpha value is -1.66. The molecular formula is C14H17N3O2S. The van der Waals surface area contributed by atoms with E-state index in [-0.39, 0.29) is 12.0 Å². The zero-order valence-corrected chi connectivity index (χ0v) is 12.3. The van der Waals surface area contributed by atoms with E-state index in [2.05, 4.69) is 15.3 Å². The number of likely N-dealkylation sites (N-methyl/N-ethyl adjacent to an activating group) is 1. The predicted molar refractivity (Wildman–Crippen MR) is 79.7 cm³/mol. The van der Waals surface area contributed by atoms with Gasteiger partial charge >= 0.3 is 5.97 Å². The van der Waals surface area contributed by atoms with Gasteiger partial charge in [0.1, 0.15) is 17.4 Å². The Balaban J connectivity index is 2.01. The molecule has 0 amide bonds. The highest BCUT2D eigenvalue weighted by atomic mass is 32.2. The van der Waals surface area contributed by atoms with Crippen molar-refractivity contribution in [2.45, 2.75) is 17.5 Å². The van der Waals surface area contributed by atoms with E-state index in [0.717, 1.165) is 21.7 Å². The van der Waals surface area contributed by atoms with Gasteiger partial charge in [0.2, 0.25) is 0 Å². The van der Waals surface area contributed by atoms with E-state index in [1.807, 2.05) is 24.3 Å². The summed E-state index contributed by atoms with van der Waals surface area (Å²) in [7, 11) is 3.16. The summed E-state index contributed by atoms with van der Waals surface area (Å²) in [5.41, 5.74) is 0.933. The Morgan fingerprint density at radius 3 is 2.95 bits per heavy atom. The number of aromatic nitrogens is 2. The summed E-state index contributed by atoms with van der Waals surface area (Å²) in [4.78, 5) is 20.0. The fourth-order valence-corrected chi connectivity index (χ4v) is 2.89. The first kappa shape index (κ1) is 14.7. The molecule has 6 heteroatoms. The molecule has 1 aromatic carbocycles. The van der Waals surface area contributed by atoms with E-state index in [9.17, 15) is 4.79 Å². The molecule has 1 atom stereocenters. The van der Waals surface area contributed by atoms with E-state index in [1.54, 1.807) is 25.1 Å². The molecule has 1 N–H and O–H groups in total. The van der Waals surface area contributed by atoms with Crippen LogP contribution in [0.5, 0.6) is 0 Å². The lowest BCUT2D eigenvalue weighted by Crippen LogP contribution is -2.35. The Kier molecular flexibility index (Phi) is 5.31. The SMILES string of the molecule is CNC(CCSc1ncnc2ccccc12)C(=O)OC. The van der Waals surface area contributed by atoms with Crippen LogP contribution in [0.2, 0.25) is 0 Å². The quantitative estimate of drug-likeness (QED) is 0.498. The van der Waals surface area contributed by atoms with Crippen LogP contribution in [0.25, 0.3) is 10.9 Å². The summed E-state index contributed by atoms with van der Waals surface area (Å²) in [6, 6.07) is 7.62. The highest BCUT2D eigenvalue weighted by molar-refractivity contribution is 7.99. The van der Waals surface area contributed by atoms with E-state index < -0.39 is 0 Å². The standard InChI is InChI=1S/C14H17N3O2S/c1-15-12(14(18)19-2)7-8-20-13-10-5-3-4-6-11(10)16-9-17-13/h3-6,9,12,15H,7-8H2,1-2H3. The van der Waals surface area contributed by atoms with Crippen LogP contribution >= 0.6 is 11.8 Å². The molecule has 1 aromatic heterocycles. The highest BCUT2D eigenvalue weighted by Crippen LogP contribution is 2.24. The molecule has 106 valence electrons. The number of carbonyl (C=O) groups is 1. The number of carbonyl (C=O) groups excluding carboxylic acids is 1. The van der Waals surface area contributed by atoms with Gasteiger partial charge in [0.15, 0.2) is 0 Å². The summed E-state index contributed by atoms with van der Waals surface area (Å²) < 4.78 is 4.74. The second-order valence-electron chi connectivity index (χ2n) is 4.20. The number of nitrogens with zero attached hydrogens (tertiary/aromatic N) is 2. The molecule has 0 bridgehead atoms. The first-order valence-electron chi connectivity index (χ1n) is 6.34. The minimum atomic E-state index is -0.277. The van der Waals surface area contributed by atoms with E-state index >= 15 is 0 Å².